The molecule has 1 aliphatic carbocycles. The number of benzene rings is 1. The maximum absolute atomic E-state index is 14.3. The van der Waals surface area contributed by atoms with Crippen LogP contribution in [0.25, 0.3) is 0 Å². The molecule has 1 aromatic heterocycles. The molecule has 2 atom stereocenters. The number of halogens is 1. The standard InChI is InChI=1S/C25H33FN4O2/c1-17-15-27-25(28-16-17)30-9-6-18(7-10-30)22-12-19(22)8-11-32-21-5-4-20(23(26)14-21)13-24(31)29(2)3/h4-5,14-16,18-19,22H,6-13H2,1-3H3/t19-,22-/m1/s1. The molecule has 32 heavy (non-hydrogen) atoms. The Hall–Kier alpha value is -2.70. The van der Waals surface area contributed by atoms with Gasteiger partial charge in [0.1, 0.15) is 11.6 Å². The normalized spacial score (nSPS) is 20.8. The number of hydrogen-bond acceptors (Lipinski definition) is 5. The topological polar surface area (TPSA) is 58.6 Å². The van der Waals surface area contributed by atoms with Gasteiger partial charge < -0.3 is 14.5 Å². The van der Waals surface area contributed by atoms with E-state index >= 15 is 0 Å². The summed E-state index contributed by atoms with van der Waals surface area (Å²) in [6.07, 6.45) is 8.50. The zero-order valence-corrected chi connectivity index (χ0v) is 19.3. The zero-order valence-electron chi connectivity index (χ0n) is 19.3. The molecule has 172 valence electrons. The second-order valence-electron chi connectivity index (χ2n) is 9.40. The Labute approximate surface area is 189 Å². The van der Waals surface area contributed by atoms with Crippen molar-refractivity contribution in [2.45, 2.75) is 39.0 Å². The van der Waals surface area contributed by atoms with Gasteiger partial charge in [-0.05, 0) is 67.6 Å². The average Bonchev–Trinajstić information content (AvgIpc) is 3.55. The number of nitrogens with zero attached hydrogens (tertiary/aromatic N) is 4. The number of amides is 1. The van der Waals surface area contributed by atoms with Gasteiger partial charge in [-0.2, -0.15) is 0 Å². The van der Waals surface area contributed by atoms with Crippen molar-refractivity contribution in [2.24, 2.45) is 17.8 Å². The van der Waals surface area contributed by atoms with E-state index in [0.717, 1.165) is 42.9 Å². The molecule has 2 fully saturated rings. The first-order chi connectivity index (χ1) is 15.4. The molecule has 0 bridgehead atoms. The second kappa shape index (κ2) is 9.84. The van der Waals surface area contributed by atoms with E-state index in [1.807, 2.05) is 19.3 Å². The van der Waals surface area contributed by atoms with Gasteiger partial charge in [0, 0.05) is 45.6 Å². The first kappa shape index (κ1) is 22.5. The van der Waals surface area contributed by atoms with Crippen molar-refractivity contribution in [3.63, 3.8) is 0 Å². The molecule has 2 aliphatic rings. The Morgan fingerprint density at radius 3 is 2.59 bits per heavy atom. The lowest BCUT2D eigenvalue weighted by Gasteiger charge is -2.32. The van der Waals surface area contributed by atoms with Crippen LogP contribution in [0.3, 0.4) is 0 Å². The van der Waals surface area contributed by atoms with Crippen molar-refractivity contribution in [3.05, 3.63) is 47.5 Å². The van der Waals surface area contributed by atoms with Crippen LogP contribution in [-0.2, 0) is 11.2 Å². The van der Waals surface area contributed by atoms with E-state index in [2.05, 4.69) is 14.9 Å². The molecule has 2 heterocycles. The fraction of sp³-hybridized carbons (Fsp3) is 0.560. The Balaban J connectivity index is 1.17. The maximum atomic E-state index is 14.3. The second-order valence-corrected chi connectivity index (χ2v) is 9.40. The highest BCUT2D eigenvalue weighted by atomic mass is 19.1. The molecule has 1 saturated heterocycles. The summed E-state index contributed by atoms with van der Waals surface area (Å²) >= 11 is 0. The predicted molar refractivity (Wildman–Crippen MR) is 122 cm³/mol. The van der Waals surface area contributed by atoms with Crippen LogP contribution in [0, 0.1) is 30.5 Å². The number of anilines is 1. The summed E-state index contributed by atoms with van der Waals surface area (Å²) in [5, 5.41) is 0. The third-order valence-corrected chi connectivity index (χ3v) is 6.79. The van der Waals surface area contributed by atoms with Crippen molar-refractivity contribution in [2.75, 3.05) is 38.7 Å². The number of piperidine rings is 1. The fourth-order valence-electron chi connectivity index (χ4n) is 4.67. The minimum atomic E-state index is -0.383. The van der Waals surface area contributed by atoms with Crippen LogP contribution in [0.1, 0.15) is 36.8 Å². The lowest BCUT2D eigenvalue weighted by molar-refractivity contribution is -0.128. The summed E-state index contributed by atoms with van der Waals surface area (Å²) in [5.41, 5.74) is 1.49. The van der Waals surface area contributed by atoms with Gasteiger partial charge in [-0.15, -0.1) is 0 Å². The number of carbonyl (C=O) groups is 1. The molecule has 1 aliphatic heterocycles. The van der Waals surface area contributed by atoms with Gasteiger partial charge in [-0.3, -0.25) is 4.79 Å². The van der Waals surface area contributed by atoms with E-state index in [9.17, 15) is 9.18 Å². The number of likely N-dealkylation sites (N-methyl/N-ethyl adjacent to an activating group) is 1. The van der Waals surface area contributed by atoms with Gasteiger partial charge in [-0.25, -0.2) is 14.4 Å². The monoisotopic (exact) mass is 440 g/mol. The molecule has 0 unspecified atom stereocenters. The number of carbonyl (C=O) groups excluding carboxylic acids is 1. The van der Waals surface area contributed by atoms with Crippen molar-refractivity contribution in [1.29, 1.82) is 0 Å². The van der Waals surface area contributed by atoms with Gasteiger partial charge in [0.25, 0.3) is 0 Å². The summed E-state index contributed by atoms with van der Waals surface area (Å²) in [6, 6.07) is 4.80. The number of hydrogen-bond donors (Lipinski definition) is 0. The van der Waals surface area contributed by atoms with Crippen molar-refractivity contribution >= 4 is 11.9 Å². The minimum Gasteiger partial charge on any atom is -0.493 e. The Morgan fingerprint density at radius 1 is 1.22 bits per heavy atom. The molecule has 1 saturated carbocycles. The highest BCUT2D eigenvalue weighted by Crippen LogP contribution is 2.49. The number of ether oxygens (including phenoxy) is 1. The molecule has 4 rings (SSSR count). The van der Waals surface area contributed by atoms with Crippen molar-refractivity contribution < 1.29 is 13.9 Å². The molecule has 6 nitrogen and oxygen atoms in total. The van der Waals surface area contributed by atoms with Crippen LogP contribution >= 0.6 is 0 Å². The Morgan fingerprint density at radius 2 is 1.94 bits per heavy atom. The van der Waals surface area contributed by atoms with Crippen LogP contribution in [0.5, 0.6) is 5.75 Å². The van der Waals surface area contributed by atoms with Crippen LogP contribution in [-0.4, -0.2) is 54.6 Å². The summed E-state index contributed by atoms with van der Waals surface area (Å²) in [5.74, 6) is 3.15. The van der Waals surface area contributed by atoms with Gasteiger partial charge in [0.05, 0.1) is 13.0 Å². The summed E-state index contributed by atoms with van der Waals surface area (Å²) in [6.45, 7) is 4.66. The average molecular weight is 441 g/mol. The van der Waals surface area contributed by atoms with E-state index in [1.165, 1.54) is 30.2 Å². The van der Waals surface area contributed by atoms with Crippen LogP contribution in [0.4, 0.5) is 10.3 Å². The van der Waals surface area contributed by atoms with Crippen LogP contribution in [0.15, 0.2) is 30.6 Å². The third-order valence-electron chi connectivity index (χ3n) is 6.79. The molecule has 0 radical (unpaired) electrons. The molecule has 0 spiro atoms. The molecule has 1 aromatic carbocycles. The van der Waals surface area contributed by atoms with Crippen LogP contribution < -0.4 is 9.64 Å². The van der Waals surface area contributed by atoms with E-state index in [0.29, 0.717) is 23.8 Å². The van der Waals surface area contributed by atoms with Gasteiger partial charge in [0.15, 0.2) is 0 Å². The molecule has 1 amide bonds. The van der Waals surface area contributed by atoms with E-state index in [-0.39, 0.29) is 18.1 Å². The van der Waals surface area contributed by atoms with E-state index < -0.39 is 0 Å². The lowest BCUT2D eigenvalue weighted by Crippen LogP contribution is -2.35. The van der Waals surface area contributed by atoms with E-state index in [1.54, 1.807) is 26.2 Å². The summed E-state index contributed by atoms with van der Waals surface area (Å²) < 4.78 is 20.1. The Kier molecular flexibility index (Phi) is 6.92. The SMILES string of the molecule is Cc1cnc(N2CCC([C@H]3C[C@H]3CCOc3ccc(CC(=O)N(C)C)c(F)c3)CC2)nc1. The first-order valence-electron chi connectivity index (χ1n) is 11.6. The van der Waals surface area contributed by atoms with Crippen molar-refractivity contribution in [3.8, 4) is 5.75 Å². The van der Waals surface area contributed by atoms with E-state index in [4.69, 9.17) is 4.74 Å². The third kappa shape index (κ3) is 5.56. The number of aryl methyl sites for hydroxylation is 1. The molecular weight excluding hydrogens is 407 g/mol. The maximum Gasteiger partial charge on any atom is 0.226 e. The first-order valence-corrected chi connectivity index (χ1v) is 11.6. The number of rotatable bonds is 8. The summed E-state index contributed by atoms with van der Waals surface area (Å²) in [7, 11) is 3.34. The van der Waals surface area contributed by atoms with Gasteiger partial charge in [0.2, 0.25) is 11.9 Å². The smallest absolute Gasteiger partial charge is 0.226 e. The Bertz CT molecular complexity index is 926. The number of aromatic nitrogens is 2. The molecular formula is C25H33FN4O2. The van der Waals surface area contributed by atoms with Crippen LogP contribution in [0.2, 0.25) is 0 Å². The fourth-order valence-corrected chi connectivity index (χ4v) is 4.67. The highest BCUT2D eigenvalue weighted by molar-refractivity contribution is 5.78. The zero-order chi connectivity index (χ0) is 22.7. The molecule has 0 N–H and O–H groups in total. The highest BCUT2D eigenvalue weighted by Gasteiger charge is 2.43. The quantitative estimate of drug-likeness (QED) is 0.624. The van der Waals surface area contributed by atoms with Gasteiger partial charge >= 0.3 is 0 Å². The molecule has 2 aromatic rings. The van der Waals surface area contributed by atoms with Gasteiger partial charge in [-0.1, -0.05) is 6.07 Å². The molecule has 7 heteroatoms. The summed E-state index contributed by atoms with van der Waals surface area (Å²) in [4.78, 5) is 24.5. The lowest BCUT2D eigenvalue weighted by atomic mass is 9.90. The minimum absolute atomic E-state index is 0.0672. The predicted octanol–water partition coefficient (Wildman–Crippen LogP) is 3.88. The van der Waals surface area contributed by atoms with Crippen molar-refractivity contribution in [1.82, 2.24) is 14.9 Å². The largest absolute Gasteiger partial charge is 0.493 e.